The van der Waals surface area contributed by atoms with E-state index in [1.54, 1.807) is 43.3 Å². The molecule has 0 fully saturated rings. The quantitative estimate of drug-likeness (QED) is 0.581. The van der Waals surface area contributed by atoms with E-state index < -0.39 is 12.1 Å². The van der Waals surface area contributed by atoms with Crippen LogP contribution in [0.1, 0.15) is 29.9 Å². The molecule has 0 atom stereocenters. The second kappa shape index (κ2) is 8.35. The molecule has 1 heterocycles. The van der Waals surface area contributed by atoms with Crippen molar-refractivity contribution < 1.29 is 19.1 Å². The van der Waals surface area contributed by atoms with Gasteiger partial charge >= 0.3 is 12.1 Å². The van der Waals surface area contributed by atoms with Gasteiger partial charge in [-0.2, -0.15) is 0 Å². The highest BCUT2D eigenvalue weighted by Crippen LogP contribution is 2.30. The van der Waals surface area contributed by atoms with Crippen molar-refractivity contribution in [2.24, 2.45) is 0 Å². The van der Waals surface area contributed by atoms with Crippen LogP contribution in [0.2, 0.25) is 5.02 Å². The molecule has 0 spiro atoms. The molecule has 0 saturated carbocycles. The summed E-state index contributed by atoms with van der Waals surface area (Å²) in [5.41, 5.74) is 2.71. The van der Waals surface area contributed by atoms with Crippen molar-refractivity contribution in [2.45, 2.75) is 27.3 Å². The minimum Gasteiger partial charge on any atom is -0.462 e. The molecule has 0 aliphatic heterocycles. The van der Waals surface area contributed by atoms with Gasteiger partial charge in [0.2, 0.25) is 0 Å². The number of hydrogen-bond donors (Lipinski definition) is 1. The predicted octanol–water partition coefficient (Wildman–Crippen LogP) is 5.41. The first-order valence-corrected chi connectivity index (χ1v) is 9.36. The third kappa shape index (κ3) is 3.97. The fourth-order valence-electron chi connectivity index (χ4n) is 3.21. The van der Waals surface area contributed by atoms with Crippen molar-refractivity contribution in [1.29, 1.82) is 0 Å². The first kappa shape index (κ1) is 19.8. The summed E-state index contributed by atoms with van der Waals surface area (Å²) in [6.07, 6.45) is -0.647. The van der Waals surface area contributed by atoms with Crippen LogP contribution in [0.4, 0.5) is 10.5 Å². The number of nitrogens with one attached hydrogen (secondary N) is 1. The van der Waals surface area contributed by atoms with Crippen molar-refractivity contribution in [3.8, 4) is 5.75 Å². The number of aryl methyl sites for hydroxylation is 1. The van der Waals surface area contributed by atoms with Crippen molar-refractivity contribution in [2.75, 3.05) is 11.9 Å². The highest BCUT2D eigenvalue weighted by atomic mass is 35.5. The summed E-state index contributed by atoms with van der Waals surface area (Å²) < 4.78 is 12.6. The van der Waals surface area contributed by atoms with E-state index in [1.165, 1.54) is 0 Å². The summed E-state index contributed by atoms with van der Waals surface area (Å²) in [4.78, 5) is 24.7. The molecule has 0 unspecified atom stereocenters. The zero-order valence-electron chi connectivity index (χ0n) is 15.9. The number of amides is 1. The van der Waals surface area contributed by atoms with Gasteiger partial charge in [-0.25, -0.2) is 9.59 Å². The Labute approximate surface area is 168 Å². The summed E-state index contributed by atoms with van der Waals surface area (Å²) >= 11 is 5.92. The maximum Gasteiger partial charge on any atom is 0.417 e. The average molecular weight is 401 g/mol. The lowest BCUT2D eigenvalue weighted by atomic mass is 10.1. The number of fused-ring (bicyclic) bond motifs is 1. The largest absolute Gasteiger partial charge is 0.462 e. The van der Waals surface area contributed by atoms with Gasteiger partial charge in [0.15, 0.2) is 0 Å². The van der Waals surface area contributed by atoms with E-state index in [0.29, 0.717) is 34.0 Å². The number of esters is 1. The molecule has 2 aromatic carbocycles. The van der Waals surface area contributed by atoms with E-state index in [-0.39, 0.29) is 6.61 Å². The number of halogens is 1. The molecular weight excluding hydrogens is 380 g/mol. The Morgan fingerprint density at radius 2 is 1.93 bits per heavy atom. The number of carbonyl (C=O) groups excluding carboxylic acids is 2. The number of ether oxygens (including phenoxy) is 2. The van der Waals surface area contributed by atoms with E-state index in [9.17, 15) is 9.59 Å². The van der Waals surface area contributed by atoms with Gasteiger partial charge < -0.3 is 14.0 Å². The van der Waals surface area contributed by atoms with E-state index in [2.05, 4.69) is 5.32 Å². The van der Waals surface area contributed by atoms with Gasteiger partial charge in [0.25, 0.3) is 0 Å². The van der Waals surface area contributed by atoms with Crippen molar-refractivity contribution in [1.82, 2.24) is 4.57 Å². The second-order valence-electron chi connectivity index (χ2n) is 6.13. The molecule has 3 rings (SSSR count). The number of aromatic nitrogens is 1. The summed E-state index contributed by atoms with van der Waals surface area (Å²) in [6, 6.07) is 12.0. The summed E-state index contributed by atoms with van der Waals surface area (Å²) in [7, 11) is 0. The van der Waals surface area contributed by atoms with Crippen LogP contribution in [0.5, 0.6) is 5.75 Å². The topological polar surface area (TPSA) is 69.6 Å². The van der Waals surface area contributed by atoms with Gasteiger partial charge in [0.05, 0.1) is 12.2 Å². The highest BCUT2D eigenvalue weighted by Gasteiger charge is 2.21. The Hall–Kier alpha value is -2.99. The molecule has 28 heavy (non-hydrogen) atoms. The van der Waals surface area contributed by atoms with Gasteiger partial charge in [-0.3, -0.25) is 5.32 Å². The van der Waals surface area contributed by atoms with Crippen LogP contribution < -0.4 is 10.1 Å². The first-order valence-electron chi connectivity index (χ1n) is 8.99. The molecule has 7 heteroatoms. The Kier molecular flexibility index (Phi) is 5.90. The number of benzene rings is 2. The molecule has 0 aliphatic carbocycles. The number of anilines is 1. The van der Waals surface area contributed by atoms with Gasteiger partial charge in [-0.05, 0) is 57.2 Å². The molecule has 0 saturated heterocycles. The highest BCUT2D eigenvalue weighted by molar-refractivity contribution is 6.30. The van der Waals surface area contributed by atoms with Crippen LogP contribution in [0.15, 0.2) is 42.5 Å². The first-order chi connectivity index (χ1) is 13.4. The van der Waals surface area contributed by atoms with Crippen LogP contribution in [0, 0.1) is 6.92 Å². The van der Waals surface area contributed by atoms with Crippen LogP contribution in [0.3, 0.4) is 0 Å². The Morgan fingerprint density at radius 3 is 2.61 bits per heavy atom. The fourth-order valence-corrected chi connectivity index (χ4v) is 3.40. The van der Waals surface area contributed by atoms with E-state index in [0.717, 1.165) is 11.2 Å². The fraction of sp³-hybridized carbons (Fsp3) is 0.238. The average Bonchev–Trinajstić information content (AvgIpc) is 2.92. The lowest BCUT2D eigenvalue weighted by Gasteiger charge is -2.08. The SMILES string of the molecule is CCOC(=O)c1c(C)n(CC)c2ccc(OC(=O)Nc3cccc(Cl)c3)cc12. The number of carbonyl (C=O) groups is 2. The normalized spacial score (nSPS) is 10.7. The van der Waals surface area contributed by atoms with E-state index >= 15 is 0 Å². The number of hydrogen-bond acceptors (Lipinski definition) is 4. The molecule has 0 radical (unpaired) electrons. The van der Waals surface area contributed by atoms with Crippen LogP contribution >= 0.6 is 11.6 Å². The molecule has 6 nitrogen and oxygen atoms in total. The van der Waals surface area contributed by atoms with Crippen molar-refractivity contribution in [3.63, 3.8) is 0 Å². The molecule has 146 valence electrons. The number of nitrogens with zero attached hydrogens (tertiary/aromatic N) is 1. The van der Waals surface area contributed by atoms with Gasteiger partial charge in [0, 0.05) is 33.9 Å². The third-order valence-corrected chi connectivity index (χ3v) is 4.61. The molecular formula is C21H21ClN2O4. The Bertz CT molecular complexity index is 1040. The Balaban J connectivity index is 1.91. The summed E-state index contributed by atoms with van der Waals surface area (Å²) in [5, 5.41) is 3.82. The Morgan fingerprint density at radius 1 is 1.14 bits per heavy atom. The maximum atomic E-state index is 12.4. The van der Waals surface area contributed by atoms with Crippen molar-refractivity contribution in [3.05, 3.63) is 58.7 Å². The standard InChI is InChI=1S/C21H21ClN2O4/c1-4-24-13(3)19(20(25)27-5-2)17-12-16(9-10-18(17)24)28-21(26)23-15-8-6-7-14(22)11-15/h6-12H,4-5H2,1-3H3,(H,23,26). The van der Waals surface area contributed by atoms with Crippen molar-refractivity contribution >= 4 is 40.3 Å². The van der Waals surface area contributed by atoms with Crippen LogP contribution in [-0.2, 0) is 11.3 Å². The monoisotopic (exact) mass is 400 g/mol. The molecule has 1 N–H and O–H groups in total. The van der Waals surface area contributed by atoms with Gasteiger partial charge in [-0.1, -0.05) is 17.7 Å². The van der Waals surface area contributed by atoms with E-state index in [4.69, 9.17) is 21.1 Å². The summed E-state index contributed by atoms with van der Waals surface area (Å²) in [6.45, 7) is 6.64. The third-order valence-electron chi connectivity index (χ3n) is 4.37. The predicted molar refractivity (Wildman–Crippen MR) is 109 cm³/mol. The molecule has 1 aromatic heterocycles. The lowest BCUT2D eigenvalue weighted by Crippen LogP contribution is -2.16. The lowest BCUT2D eigenvalue weighted by molar-refractivity contribution is 0.0527. The smallest absolute Gasteiger partial charge is 0.417 e. The van der Waals surface area contributed by atoms with Crippen LogP contribution in [0.25, 0.3) is 10.9 Å². The maximum absolute atomic E-state index is 12.4. The zero-order valence-corrected chi connectivity index (χ0v) is 16.7. The zero-order chi connectivity index (χ0) is 20.3. The molecule has 0 bridgehead atoms. The number of rotatable bonds is 5. The van der Waals surface area contributed by atoms with Crippen LogP contribution in [-0.4, -0.2) is 23.2 Å². The van der Waals surface area contributed by atoms with Gasteiger partial charge in [-0.15, -0.1) is 0 Å². The molecule has 3 aromatic rings. The minimum atomic E-state index is -0.647. The van der Waals surface area contributed by atoms with E-state index in [1.807, 2.05) is 24.5 Å². The van der Waals surface area contributed by atoms with Gasteiger partial charge in [0.1, 0.15) is 5.75 Å². The molecule has 0 aliphatic rings. The molecule has 1 amide bonds. The summed E-state index contributed by atoms with van der Waals surface area (Å²) in [5.74, 6) is -0.0661. The second-order valence-corrected chi connectivity index (χ2v) is 6.57. The minimum absolute atomic E-state index is 0.287.